The van der Waals surface area contributed by atoms with E-state index in [4.69, 9.17) is 17.2 Å². The number of aliphatic imine (C=N–C) groups is 1. The quantitative estimate of drug-likeness (QED) is 0.317. The van der Waals surface area contributed by atoms with Crippen molar-refractivity contribution in [2.75, 3.05) is 0 Å². The van der Waals surface area contributed by atoms with Crippen LogP contribution in [0.4, 0.5) is 0 Å². The van der Waals surface area contributed by atoms with Crippen LogP contribution < -0.4 is 5.32 Å². The van der Waals surface area contributed by atoms with E-state index < -0.39 is 0 Å². The number of hydrogen-bond acceptors (Lipinski definition) is 3. The minimum Gasteiger partial charge on any atom is -0.354 e. The highest BCUT2D eigenvalue weighted by atomic mass is 32.1. The van der Waals surface area contributed by atoms with E-state index in [9.17, 15) is 4.79 Å². The fraction of sp³-hybridized carbons (Fsp3) is 0.818. The smallest absolute Gasteiger partial charge is 0.207 e. The van der Waals surface area contributed by atoms with Crippen molar-refractivity contribution in [2.45, 2.75) is 77.3 Å². The third-order valence-electron chi connectivity index (χ3n) is 7.92. The van der Waals surface area contributed by atoms with Crippen molar-refractivity contribution < 1.29 is 4.79 Å². The Morgan fingerprint density at radius 2 is 2.15 bits per heavy atom. The Bertz CT molecular complexity index is 624. The summed E-state index contributed by atoms with van der Waals surface area (Å²) >= 11 is 5.10. The topological polar surface area (TPSA) is 41.5 Å². The average molecular weight is 375 g/mol. The minimum atomic E-state index is -0.187. The molecule has 26 heavy (non-hydrogen) atoms. The third-order valence-corrected chi connectivity index (χ3v) is 8.01. The predicted molar refractivity (Wildman–Crippen MR) is 110 cm³/mol. The molecule has 0 aromatic heterocycles. The van der Waals surface area contributed by atoms with Gasteiger partial charge in [-0.15, -0.1) is 0 Å². The van der Waals surface area contributed by atoms with Crippen LogP contribution in [0.2, 0.25) is 0 Å². The van der Waals surface area contributed by atoms with E-state index in [1.54, 1.807) is 0 Å². The summed E-state index contributed by atoms with van der Waals surface area (Å²) in [7, 11) is 0. The van der Waals surface area contributed by atoms with Crippen LogP contribution in [0.3, 0.4) is 0 Å². The van der Waals surface area contributed by atoms with Crippen molar-refractivity contribution in [1.29, 1.82) is 0 Å². The van der Waals surface area contributed by atoms with Crippen molar-refractivity contribution in [1.82, 2.24) is 5.32 Å². The molecule has 0 aliphatic heterocycles. The molecule has 3 aliphatic carbocycles. The highest BCUT2D eigenvalue weighted by molar-refractivity contribution is 7.78. The number of amides is 1. The lowest BCUT2D eigenvalue weighted by atomic mass is 9.45. The van der Waals surface area contributed by atoms with Crippen LogP contribution >= 0.6 is 12.2 Å². The summed E-state index contributed by atoms with van der Waals surface area (Å²) in [5.41, 5.74) is 1.17. The molecule has 1 unspecified atom stereocenters. The highest BCUT2D eigenvalue weighted by Crippen LogP contribution is 2.62. The summed E-state index contributed by atoms with van der Waals surface area (Å²) < 4.78 is 0. The molecular formula is C22H34N2OS. The van der Waals surface area contributed by atoms with Gasteiger partial charge in [-0.3, -0.25) is 4.79 Å². The van der Waals surface area contributed by atoms with Gasteiger partial charge in [0.15, 0.2) is 0 Å². The van der Waals surface area contributed by atoms with Crippen LogP contribution in [0, 0.1) is 35.5 Å². The van der Waals surface area contributed by atoms with E-state index in [0.717, 1.165) is 25.7 Å². The first-order valence-corrected chi connectivity index (χ1v) is 10.6. The zero-order chi connectivity index (χ0) is 19.1. The van der Waals surface area contributed by atoms with Gasteiger partial charge in [-0.05, 0) is 100 Å². The first-order valence-electron chi connectivity index (χ1n) is 10.2. The molecule has 1 N–H and O–H groups in total. The second-order valence-corrected chi connectivity index (χ2v) is 10.1. The van der Waals surface area contributed by atoms with Gasteiger partial charge in [0.2, 0.25) is 6.41 Å². The van der Waals surface area contributed by atoms with E-state index in [-0.39, 0.29) is 11.1 Å². The number of carbonyl (C=O) groups is 1. The molecule has 1 amide bonds. The Kier molecular flexibility index (Phi) is 5.48. The maximum absolute atomic E-state index is 11.0. The first-order chi connectivity index (χ1) is 12.3. The van der Waals surface area contributed by atoms with Gasteiger partial charge < -0.3 is 5.32 Å². The molecule has 0 bridgehead atoms. The van der Waals surface area contributed by atoms with Gasteiger partial charge in [-0.1, -0.05) is 26.0 Å². The van der Waals surface area contributed by atoms with Gasteiger partial charge in [0, 0.05) is 5.54 Å². The summed E-state index contributed by atoms with van der Waals surface area (Å²) in [5, 5.41) is 5.81. The summed E-state index contributed by atoms with van der Waals surface area (Å²) in [6.07, 6.45) is 7.72. The fourth-order valence-corrected chi connectivity index (χ4v) is 6.99. The largest absolute Gasteiger partial charge is 0.354 e. The van der Waals surface area contributed by atoms with Crippen molar-refractivity contribution >= 4 is 23.8 Å². The molecule has 3 saturated carbocycles. The molecule has 0 aromatic carbocycles. The van der Waals surface area contributed by atoms with Crippen LogP contribution in [0.5, 0.6) is 0 Å². The molecule has 0 aromatic rings. The molecule has 3 aliphatic rings. The number of carbonyl (C=O) groups excluding carboxylic acids is 1. The molecule has 144 valence electrons. The van der Waals surface area contributed by atoms with Crippen LogP contribution in [-0.4, -0.2) is 22.6 Å². The van der Waals surface area contributed by atoms with Crippen molar-refractivity contribution in [3.8, 4) is 0 Å². The SMILES string of the molecule is C=C1CCC2(N=C=S)[C@H]3[C@H](CC[C@@H]2C)[C@@H](C)C[C@@H](CC(C)(C)NC=O)[C@H]13. The van der Waals surface area contributed by atoms with Crippen molar-refractivity contribution in [3.05, 3.63) is 12.2 Å². The molecule has 0 heterocycles. The van der Waals surface area contributed by atoms with E-state index in [0.29, 0.717) is 35.5 Å². The molecule has 7 atom stereocenters. The highest BCUT2D eigenvalue weighted by Gasteiger charge is 2.60. The molecular weight excluding hydrogens is 340 g/mol. The zero-order valence-corrected chi connectivity index (χ0v) is 17.6. The molecule has 3 fully saturated rings. The molecule has 3 rings (SSSR count). The second kappa shape index (κ2) is 7.20. The number of nitrogens with zero attached hydrogens (tertiary/aromatic N) is 1. The van der Waals surface area contributed by atoms with Gasteiger partial charge in [0.1, 0.15) is 0 Å². The number of isothiocyanates is 1. The number of allylic oxidation sites excluding steroid dienone is 1. The zero-order valence-electron chi connectivity index (χ0n) is 16.8. The molecule has 0 spiro atoms. The lowest BCUT2D eigenvalue weighted by Crippen LogP contribution is -2.60. The van der Waals surface area contributed by atoms with E-state index in [2.05, 4.69) is 44.8 Å². The maximum atomic E-state index is 11.0. The van der Waals surface area contributed by atoms with Crippen molar-refractivity contribution in [2.24, 2.45) is 40.5 Å². The molecule has 4 heteroatoms. The molecule has 0 saturated heterocycles. The Morgan fingerprint density at radius 1 is 1.42 bits per heavy atom. The Balaban J connectivity index is 2.01. The predicted octanol–water partition coefficient (Wildman–Crippen LogP) is 5.03. The first kappa shape index (κ1) is 19.8. The standard InChI is InChI=1S/C22H34N2OS/c1-14-8-9-22(24-13-26)16(3)6-7-18-15(2)10-17(19(14)20(18)22)11-21(4,5)23-12-25/h12,15-20H,1,6-11H2,2-5H3,(H,23,25)/t15-,16-,17-,18+,19-,20-,22?/m0/s1. The van der Waals surface area contributed by atoms with E-state index in [1.165, 1.54) is 24.8 Å². The van der Waals surface area contributed by atoms with Gasteiger partial charge >= 0.3 is 0 Å². The summed E-state index contributed by atoms with van der Waals surface area (Å²) in [4.78, 5) is 15.9. The average Bonchev–Trinajstić information content (AvgIpc) is 2.55. The number of nitrogens with one attached hydrogen (secondary N) is 1. The number of rotatable bonds is 5. The lowest BCUT2D eigenvalue weighted by molar-refractivity contribution is -0.111. The Morgan fingerprint density at radius 3 is 2.81 bits per heavy atom. The van der Waals surface area contributed by atoms with Gasteiger partial charge in [-0.25, -0.2) is 4.99 Å². The maximum Gasteiger partial charge on any atom is 0.207 e. The second-order valence-electron chi connectivity index (χ2n) is 9.87. The summed E-state index contributed by atoms with van der Waals surface area (Å²) in [6, 6.07) is 0. The van der Waals surface area contributed by atoms with E-state index in [1.807, 2.05) is 0 Å². The summed E-state index contributed by atoms with van der Waals surface area (Å²) in [5.74, 6) is 3.52. The number of hydrogen-bond donors (Lipinski definition) is 1. The lowest BCUT2D eigenvalue weighted by Gasteiger charge is -2.61. The van der Waals surface area contributed by atoms with Crippen molar-refractivity contribution in [3.63, 3.8) is 0 Å². The fourth-order valence-electron chi connectivity index (χ4n) is 6.82. The third kappa shape index (κ3) is 3.20. The molecule has 3 nitrogen and oxygen atoms in total. The Hall–Kier alpha value is -0.990. The van der Waals surface area contributed by atoms with Gasteiger partial charge in [0.25, 0.3) is 0 Å². The Labute approximate surface area is 164 Å². The van der Waals surface area contributed by atoms with E-state index >= 15 is 0 Å². The van der Waals surface area contributed by atoms with Crippen LogP contribution in [0.15, 0.2) is 17.1 Å². The van der Waals surface area contributed by atoms with Crippen LogP contribution in [-0.2, 0) is 4.79 Å². The minimum absolute atomic E-state index is 0.0499. The normalized spacial score (nSPS) is 42.4. The number of thiocarbonyl (C=S) groups is 1. The molecule has 0 radical (unpaired) electrons. The summed E-state index contributed by atoms with van der Waals surface area (Å²) in [6.45, 7) is 13.6. The van der Waals surface area contributed by atoms with Crippen LogP contribution in [0.1, 0.15) is 66.2 Å². The van der Waals surface area contributed by atoms with Gasteiger partial charge in [0.05, 0.1) is 10.7 Å². The van der Waals surface area contributed by atoms with Gasteiger partial charge in [-0.2, -0.15) is 0 Å². The van der Waals surface area contributed by atoms with Crippen LogP contribution in [0.25, 0.3) is 0 Å². The monoisotopic (exact) mass is 374 g/mol.